The average Bonchev–Trinajstić information content (AvgIpc) is 2.73. The minimum Gasteiger partial charge on any atom is -0.356 e. The van der Waals surface area contributed by atoms with Crippen molar-refractivity contribution < 1.29 is 9.50 Å². The molecule has 3 nitrogen and oxygen atoms in total. The molecule has 0 aromatic heterocycles. The molecule has 24 heavy (non-hydrogen) atoms. The Morgan fingerprint density at radius 3 is 2.29 bits per heavy atom. The summed E-state index contributed by atoms with van der Waals surface area (Å²) in [5, 5.41) is 10.6. The Hall–Kier alpha value is -2.07. The van der Waals surface area contributed by atoms with Gasteiger partial charge in [-0.2, -0.15) is 0 Å². The van der Waals surface area contributed by atoms with Crippen molar-refractivity contribution in [3.63, 3.8) is 0 Å². The van der Waals surface area contributed by atoms with Crippen LogP contribution in [0.5, 0.6) is 0 Å². The molecule has 0 fully saturated rings. The summed E-state index contributed by atoms with van der Waals surface area (Å²) in [6, 6.07) is 11.3. The first-order valence-corrected chi connectivity index (χ1v) is 8.25. The van der Waals surface area contributed by atoms with E-state index >= 15 is 0 Å². The smallest absolute Gasteiger partial charge is 0.207 e. The molecule has 3 rings (SSSR count). The van der Waals surface area contributed by atoms with Crippen LogP contribution in [0, 0.1) is 18.2 Å². The molecule has 1 unspecified atom stereocenters. The number of nitrogens with zero attached hydrogens (tertiary/aromatic N) is 2. The summed E-state index contributed by atoms with van der Waals surface area (Å²) in [6.45, 7) is 9.02. The highest BCUT2D eigenvalue weighted by molar-refractivity contribution is 5.82. The Morgan fingerprint density at radius 1 is 1.04 bits per heavy atom. The third kappa shape index (κ3) is 2.98. The molecule has 0 radical (unpaired) electrons. The van der Waals surface area contributed by atoms with Crippen molar-refractivity contribution in [1.29, 1.82) is 0 Å². The van der Waals surface area contributed by atoms with Crippen LogP contribution >= 0.6 is 0 Å². The largest absolute Gasteiger partial charge is 0.356 e. The van der Waals surface area contributed by atoms with Gasteiger partial charge in [0.05, 0.1) is 11.4 Å². The first kappa shape index (κ1) is 16.8. The number of aliphatic hydroxyl groups is 1. The molecule has 128 valence electrons. The SMILES string of the molecule is Cc1cc(-c2ccc3c(c2)N(C)C(O)N3CC(C)(C)C)ccc1F. The first-order valence-electron chi connectivity index (χ1n) is 8.25. The van der Waals surface area contributed by atoms with Crippen molar-refractivity contribution in [3.8, 4) is 11.1 Å². The molecule has 0 saturated heterocycles. The van der Waals surface area contributed by atoms with Crippen LogP contribution in [0.2, 0.25) is 0 Å². The van der Waals surface area contributed by atoms with Crippen molar-refractivity contribution >= 4 is 11.4 Å². The monoisotopic (exact) mass is 328 g/mol. The number of benzene rings is 2. The molecule has 4 heteroatoms. The Morgan fingerprint density at radius 2 is 1.67 bits per heavy atom. The van der Waals surface area contributed by atoms with Crippen molar-refractivity contribution in [3.05, 3.63) is 47.8 Å². The summed E-state index contributed by atoms with van der Waals surface area (Å²) in [4.78, 5) is 3.90. The van der Waals surface area contributed by atoms with E-state index in [9.17, 15) is 9.50 Å². The summed E-state index contributed by atoms with van der Waals surface area (Å²) < 4.78 is 13.5. The van der Waals surface area contributed by atoms with Crippen LogP contribution in [0.4, 0.5) is 15.8 Å². The molecule has 1 aliphatic rings. The zero-order chi connectivity index (χ0) is 17.6. The molecule has 1 heterocycles. The van der Waals surface area contributed by atoms with E-state index in [0.29, 0.717) is 5.56 Å². The number of rotatable bonds is 2. The normalized spacial score (nSPS) is 17.4. The lowest BCUT2D eigenvalue weighted by molar-refractivity contribution is 0.166. The van der Waals surface area contributed by atoms with Gasteiger partial charge in [-0.1, -0.05) is 32.9 Å². The highest BCUT2D eigenvalue weighted by Crippen LogP contribution is 2.41. The summed E-state index contributed by atoms with van der Waals surface area (Å²) in [7, 11) is 1.89. The van der Waals surface area contributed by atoms with Crippen LogP contribution < -0.4 is 9.80 Å². The molecule has 0 bridgehead atoms. The zero-order valence-corrected chi connectivity index (χ0v) is 15.0. The second-order valence-electron chi connectivity index (χ2n) is 7.81. The number of aryl methyl sites for hydroxylation is 1. The van der Waals surface area contributed by atoms with Crippen LogP contribution in [-0.2, 0) is 0 Å². The quantitative estimate of drug-likeness (QED) is 0.886. The Balaban J connectivity index is 2.01. The molecule has 1 atom stereocenters. The van der Waals surface area contributed by atoms with Gasteiger partial charge in [0.15, 0.2) is 0 Å². The minimum atomic E-state index is -0.663. The second kappa shape index (κ2) is 5.78. The van der Waals surface area contributed by atoms with E-state index in [1.54, 1.807) is 13.0 Å². The van der Waals surface area contributed by atoms with Crippen molar-refractivity contribution in [1.82, 2.24) is 0 Å². The number of anilines is 2. The van der Waals surface area contributed by atoms with Gasteiger partial charge in [-0.15, -0.1) is 0 Å². The minimum absolute atomic E-state index is 0.0795. The van der Waals surface area contributed by atoms with E-state index in [4.69, 9.17) is 0 Å². The summed E-state index contributed by atoms with van der Waals surface area (Å²) in [6.07, 6.45) is -0.663. The van der Waals surface area contributed by atoms with Gasteiger partial charge < -0.3 is 14.9 Å². The molecule has 0 amide bonds. The van der Waals surface area contributed by atoms with Gasteiger partial charge in [0, 0.05) is 13.6 Å². The predicted molar refractivity (Wildman–Crippen MR) is 97.8 cm³/mol. The van der Waals surface area contributed by atoms with E-state index in [1.165, 1.54) is 6.07 Å². The topological polar surface area (TPSA) is 26.7 Å². The van der Waals surface area contributed by atoms with Crippen LogP contribution in [0.1, 0.15) is 26.3 Å². The maximum Gasteiger partial charge on any atom is 0.207 e. The molecule has 0 saturated carbocycles. The second-order valence-corrected chi connectivity index (χ2v) is 7.81. The van der Waals surface area contributed by atoms with Gasteiger partial charge in [-0.25, -0.2) is 4.39 Å². The third-order valence-electron chi connectivity index (χ3n) is 4.43. The van der Waals surface area contributed by atoms with E-state index in [-0.39, 0.29) is 11.2 Å². The Labute approximate surface area is 143 Å². The fourth-order valence-electron chi connectivity index (χ4n) is 3.19. The first-order chi connectivity index (χ1) is 11.2. The summed E-state index contributed by atoms with van der Waals surface area (Å²) in [5.74, 6) is -0.191. The van der Waals surface area contributed by atoms with Crippen molar-refractivity contribution in [2.75, 3.05) is 23.4 Å². The van der Waals surface area contributed by atoms with Crippen molar-refractivity contribution in [2.45, 2.75) is 34.0 Å². The van der Waals surface area contributed by atoms with E-state index < -0.39 is 6.35 Å². The fraction of sp³-hybridized carbons (Fsp3) is 0.400. The van der Waals surface area contributed by atoms with E-state index in [2.05, 4.69) is 26.8 Å². The lowest BCUT2D eigenvalue weighted by Gasteiger charge is -2.31. The lowest BCUT2D eigenvalue weighted by atomic mass is 9.96. The molecular weight excluding hydrogens is 303 g/mol. The summed E-state index contributed by atoms with van der Waals surface area (Å²) in [5.41, 5.74) is 4.74. The number of halogens is 1. The number of hydrogen-bond donors (Lipinski definition) is 1. The highest BCUT2D eigenvalue weighted by Gasteiger charge is 2.34. The van der Waals surface area contributed by atoms with Gasteiger partial charge in [0.25, 0.3) is 0 Å². The standard InChI is InChI=1S/C20H25FN2O/c1-13-10-14(6-8-16(13)21)15-7-9-17-18(11-15)22(5)19(24)23(17)12-20(2,3)4/h6-11,19,24H,12H2,1-5H3. The van der Waals surface area contributed by atoms with Crippen LogP contribution in [-0.4, -0.2) is 25.1 Å². The fourth-order valence-corrected chi connectivity index (χ4v) is 3.19. The van der Waals surface area contributed by atoms with Crippen molar-refractivity contribution in [2.24, 2.45) is 5.41 Å². The van der Waals surface area contributed by atoms with Gasteiger partial charge in [0.1, 0.15) is 5.82 Å². The highest BCUT2D eigenvalue weighted by atomic mass is 19.1. The van der Waals surface area contributed by atoms with E-state index in [1.807, 2.05) is 35.0 Å². The molecule has 0 spiro atoms. The average molecular weight is 328 g/mol. The van der Waals surface area contributed by atoms with Crippen LogP contribution in [0.25, 0.3) is 11.1 Å². The summed E-state index contributed by atoms with van der Waals surface area (Å²) >= 11 is 0. The Bertz CT molecular complexity index is 767. The molecular formula is C20H25FN2O. The zero-order valence-electron chi connectivity index (χ0n) is 15.0. The molecule has 1 aliphatic heterocycles. The number of aliphatic hydroxyl groups excluding tert-OH is 1. The van der Waals surface area contributed by atoms with Crippen LogP contribution in [0.15, 0.2) is 36.4 Å². The molecule has 0 aliphatic carbocycles. The lowest BCUT2D eigenvalue weighted by Crippen LogP contribution is -2.44. The molecule has 2 aromatic rings. The molecule has 1 N–H and O–H groups in total. The third-order valence-corrected chi connectivity index (χ3v) is 4.43. The Kier molecular flexibility index (Phi) is 4.04. The number of hydrogen-bond acceptors (Lipinski definition) is 3. The number of fused-ring (bicyclic) bond motifs is 1. The predicted octanol–water partition coefficient (Wildman–Crippen LogP) is 4.38. The van der Waals surface area contributed by atoms with Gasteiger partial charge >= 0.3 is 0 Å². The van der Waals surface area contributed by atoms with Gasteiger partial charge in [0.2, 0.25) is 6.35 Å². The van der Waals surface area contributed by atoms with Gasteiger partial charge in [-0.05, 0) is 53.3 Å². The van der Waals surface area contributed by atoms with Crippen LogP contribution in [0.3, 0.4) is 0 Å². The maximum absolute atomic E-state index is 13.5. The molecule has 2 aromatic carbocycles. The maximum atomic E-state index is 13.5. The van der Waals surface area contributed by atoms with Gasteiger partial charge in [-0.3, -0.25) is 0 Å². The van der Waals surface area contributed by atoms with E-state index in [0.717, 1.165) is 29.0 Å².